The highest BCUT2D eigenvalue weighted by Crippen LogP contribution is 2.27. The maximum Gasteiger partial charge on any atom is 0.262 e. The summed E-state index contributed by atoms with van der Waals surface area (Å²) in [5, 5.41) is 8.12. The Bertz CT molecular complexity index is 1130. The van der Waals surface area contributed by atoms with Crippen molar-refractivity contribution in [1.82, 2.24) is 10.2 Å². The maximum absolute atomic E-state index is 12.7. The Hall–Kier alpha value is -3.66. The molecule has 1 aliphatic rings. The number of nitrogens with zero attached hydrogens (tertiary/aromatic N) is 2. The number of rotatable bonds is 8. The number of hydrogen-bond donors (Lipinski definition) is 3. The van der Waals surface area contributed by atoms with E-state index in [1.54, 1.807) is 48.5 Å². The highest BCUT2D eigenvalue weighted by Gasteiger charge is 2.32. The predicted octanol–water partition coefficient (Wildman–Crippen LogP) is 2.97. The quantitative estimate of drug-likeness (QED) is 0.533. The second kappa shape index (κ2) is 11.5. The zero-order valence-corrected chi connectivity index (χ0v) is 20.1. The Kier molecular flexibility index (Phi) is 8.42. The smallest absolute Gasteiger partial charge is 0.262 e. The second-order valence-corrected chi connectivity index (χ2v) is 8.63. The number of carbonyl (C=O) groups is 4. The third-order valence-corrected chi connectivity index (χ3v) is 6.37. The van der Waals surface area contributed by atoms with E-state index in [-0.39, 0.29) is 30.0 Å². The van der Waals surface area contributed by atoms with Gasteiger partial charge in [-0.3, -0.25) is 19.2 Å². The largest absolute Gasteiger partial charge is 0.355 e. The molecule has 1 heterocycles. The Morgan fingerprint density at radius 1 is 0.941 bits per heavy atom. The van der Waals surface area contributed by atoms with Crippen molar-refractivity contribution in [3.05, 3.63) is 59.7 Å². The molecule has 0 bridgehead atoms. The summed E-state index contributed by atoms with van der Waals surface area (Å²) in [6, 6.07) is 13.1. The number of carbonyl (C=O) groups excluding carboxylic acids is 4. The minimum Gasteiger partial charge on any atom is -0.355 e. The van der Waals surface area contributed by atoms with Gasteiger partial charge in [0.25, 0.3) is 17.7 Å². The van der Waals surface area contributed by atoms with Crippen LogP contribution in [0.15, 0.2) is 53.5 Å². The number of benzene rings is 2. The molecule has 4 amide bonds. The molecule has 0 fully saturated rings. The Labute approximate surface area is 202 Å². The van der Waals surface area contributed by atoms with E-state index in [2.05, 4.69) is 20.9 Å². The number of aliphatic imine (C=N–C) groups is 1. The molecule has 3 N–H and O–H groups in total. The predicted molar refractivity (Wildman–Crippen MR) is 134 cm³/mol. The lowest BCUT2D eigenvalue weighted by Gasteiger charge is -2.19. The zero-order chi connectivity index (χ0) is 24.7. The molecule has 34 heavy (non-hydrogen) atoms. The zero-order valence-electron chi connectivity index (χ0n) is 19.3. The molecule has 9 nitrogen and oxygen atoms in total. The molecule has 0 saturated carbocycles. The average Bonchev–Trinajstić information content (AvgIpc) is 3.19. The summed E-state index contributed by atoms with van der Waals surface area (Å²) < 4.78 is 0. The number of hydrogen-bond acceptors (Lipinski definition) is 6. The SMILES string of the molecule is CCN(CC)C1=NC(=O)[C@H](CC(=O)Nc2cccc(C(=O)Nc3cccc(C(=O)NC)c3)c2)S1. The summed E-state index contributed by atoms with van der Waals surface area (Å²) in [6.07, 6.45) is -0.0134. The molecular weight excluding hydrogens is 454 g/mol. The first-order valence-corrected chi connectivity index (χ1v) is 11.8. The van der Waals surface area contributed by atoms with Crippen LogP contribution in [0.1, 0.15) is 41.0 Å². The van der Waals surface area contributed by atoms with Crippen LogP contribution in [0.3, 0.4) is 0 Å². The van der Waals surface area contributed by atoms with E-state index in [4.69, 9.17) is 0 Å². The van der Waals surface area contributed by atoms with Crippen LogP contribution in [-0.2, 0) is 9.59 Å². The summed E-state index contributed by atoms with van der Waals surface area (Å²) in [6.45, 7) is 5.44. The van der Waals surface area contributed by atoms with Gasteiger partial charge in [-0.2, -0.15) is 4.99 Å². The van der Waals surface area contributed by atoms with Gasteiger partial charge < -0.3 is 20.9 Å². The van der Waals surface area contributed by atoms with E-state index >= 15 is 0 Å². The van der Waals surface area contributed by atoms with Gasteiger partial charge in [0.05, 0.1) is 0 Å². The molecule has 1 atom stereocenters. The monoisotopic (exact) mass is 481 g/mol. The summed E-state index contributed by atoms with van der Waals surface area (Å²) in [4.78, 5) is 55.3. The average molecular weight is 482 g/mol. The van der Waals surface area contributed by atoms with Crippen LogP contribution >= 0.6 is 11.8 Å². The minimum atomic E-state index is -0.560. The van der Waals surface area contributed by atoms with Gasteiger partial charge >= 0.3 is 0 Å². The van der Waals surface area contributed by atoms with Gasteiger partial charge in [-0.25, -0.2) is 0 Å². The van der Waals surface area contributed by atoms with Crippen molar-refractivity contribution < 1.29 is 19.2 Å². The molecule has 0 aromatic heterocycles. The first kappa shape index (κ1) is 25.0. The Morgan fingerprint density at radius 3 is 2.12 bits per heavy atom. The normalized spacial score (nSPS) is 14.9. The number of amidine groups is 1. The summed E-state index contributed by atoms with van der Waals surface area (Å²) in [7, 11) is 1.53. The molecule has 0 unspecified atom stereocenters. The molecule has 178 valence electrons. The van der Waals surface area contributed by atoms with E-state index in [0.717, 1.165) is 13.1 Å². The maximum atomic E-state index is 12.7. The molecule has 2 aromatic carbocycles. The highest BCUT2D eigenvalue weighted by molar-refractivity contribution is 8.15. The van der Waals surface area contributed by atoms with Crippen LogP contribution in [0, 0.1) is 0 Å². The van der Waals surface area contributed by atoms with E-state index < -0.39 is 5.25 Å². The molecule has 0 spiro atoms. The molecule has 10 heteroatoms. The molecule has 0 aliphatic carbocycles. The number of thioether (sulfide) groups is 1. The third-order valence-electron chi connectivity index (χ3n) is 5.15. The van der Waals surface area contributed by atoms with Gasteiger partial charge in [0.2, 0.25) is 5.91 Å². The van der Waals surface area contributed by atoms with Gasteiger partial charge in [-0.05, 0) is 50.2 Å². The molecule has 0 saturated heterocycles. The van der Waals surface area contributed by atoms with Crippen LogP contribution in [0.4, 0.5) is 11.4 Å². The Morgan fingerprint density at radius 2 is 1.53 bits per heavy atom. The van der Waals surface area contributed by atoms with Crippen molar-refractivity contribution in [3.8, 4) is 0 Å². The molecule has 0 radical (unpaired) electrons. The minimum absolute atomic E-state index is 0.0134. The van der Waals surface area contributed by atoms with Crippen molar-refractivity contribution in [2.45, 2.75) is 25.5 Å². The van der Waals surface area contributed by atoms with Gasteiger partial charge in [-0.15, -0.1) is 0 Å². The van der Waals surface area contributed by atoms with Crippen molar-refractivity contribution >= 4 is 51.9 Å². The lowest BCUT2D eigenvalue weighted by molar-refractivity contribution is -0.121. The topological polar surface area (TPSA) is 120 Å². The summed E-state index contributed by atoms with van der Waals surface area (Å²) >= 11 is 1.30. The van der Waals surface area contributed by atoms with Crippen LogP contribution in [0.2, 0.25) is 0 Å². The van der Waals surface area contributed by atoms with E-state index in [1.165, 1.54) is 18.8 Å². The van der Waals surface area contributed by atoms with E-state index in [9.17, 15) is 19.2 Å². The summed E-state index contributed by atoms with van der Waals surface area (Å²) in [5.41, 5.74) is 1.67. The third kappa shape index (κ3) is 6.22. The fourth-order valence-corrected chi connectivity index (χ4v) is 4.54. The van der Waals surface area contributed by atoms with Crippen LogP contribution in [-0.4, -0.2) is 59.1 Å². The lowest BCUT2D eigenvalue weighted by Crippen LogP contribution is -2.27. The van der Waals surface area contributed by atoms with Crippen LogP contribution in [0.25, 0.3) is 0 Å². The standard InChI is InChI=1S/C24H27N5O4S/c1-4-29(5-2)24-28-23(33)19(34-24)14-20(30)26-17-10-7-9-16(13-17)22(32)27-18-11-6-8-15(12-18)21(31)25-3/h6-13,19H,4-5,14H2,1-3H3,(H,25,31)(H,26,30)(H,27,32)/t19-/m0/s1. The van der Waals surface area contributed by atoms with Gasteiger partial charge in [0.1, 0.15) is 5.25 Å². The lowest BCUT2D eigenvalue weighted by atomic mass is 10.1. The second-order valence-electron chi connectivity index (χ2n) is 7.46. The van der Waals surface area contributed by atoms with Crippen LogP contribution < -0.4 is 16.0 Å². The van der Waals surface area contributed by atoms with Crippen molar-refractivity contribution in [2.24, 2.45) is 4.99 Å². The van der Waals surface area contributed by atoms with Gasteiger partial charge in [-0.1, -0.05) is 23.9 Å². The van der Waals surface area contributed by atoms with Crippen LogP contribution in [0.5, 0.6) is 0 Å². The first-order chi connectivity index (χ1) is 16.3. The first-order valence-electron chi connectivity index (χ1n) is 10.9. The number of anilines is 2. The van der Waals surface area contributed by atoms with Crippen molar-refractivity contribution in [3.63, 3.8) is 0 Å². The molecule has 1 aliphatic heterocycles. The molecule has 2 aromatic rings. The van der Waals surface area contributed by atoms with Crippen molar-refractivity contribution in [1.29, 1.82) is 0 Å². The highest BCUT2D eigenvalue weighted by atomic mass is 32.2. The van der Waals surface area contributed by atoms with Gasteiger partial charge in [0.15, 0.2) is 5.17 Å². The Balaban J connectivity index is 1.60. The fourth-order valence-electron chi connectivity index (χ4n) is 3.34. The summed E-state index contributed by atoms with van der Waals surface area (Å²) in [5.74, 6) is -1.29. The van der Waals surface area contributed by atoms with Crippen molar-refractivity contribution in [2.75, 3.05) is 30.8 Å². The molecule has 3 rings (SSSR count). The number of amides is 4. The van der Waals surface area contributed by atoms with E-state index in [1.807, 2.05) is 18.7 Å². The number of nitrogens with one attached hydrogen (secondary N) is 3. The van der Waals surface area contributed by atoms with Gasteiger partial charge in [0, 0.05) is 49.1 Å². The molecular formula is C24H27N5O4S. The van der Waals surface area contributed by atoms with E-state index in [0.29, 0.717) is 27.7 Å². The fraction of sp³-hybridized carbons (Fsp3) is 0.292.